The molecule has 0 amide bonds. The summed E-state index contributed by atoms with van der Waals surface area (Å²) in [4.78, 5) is 1.75. The maximum Gasteiger partial charge on any atom is 0.119 e. The highest BCUT2D eigenvalue weighted by atomic mass is 16.5. The lowest BCUT2D eigenvalue weighted by Gasteiger charge is -2.19. The molecule has 0 saturated carbocycles. The molecule has 0 unspecified atom stereocenters. The van der Waals surface area contributed by atoms with E-state index >= 15 is 0 Å². The summed E-state index contributed by atoms with van der Waals surface area (Å²) in [6.45, 7) is 9.27. The predicted octanol–water partition coefficient (Wildman–Crippen LogP) is 2.94. The van der Waals surface area contributed by atoms with E-state index in [0.717, 1.165) is 18.8 Å². The lowest BCUT2D eigenvalue weighted by Crippen LogP contribution is -3.12. The maximum atomic E-state index is 5.75. The minimum atomic E-state index is 0.839. The van der Waals surface area contributed by atoms with Crippen molar-refractivity contribution in [1.29, 1.82) is 0 Å². The number of benzene rings is 1. The molecule has 0 atom stereocenters. The Morgan fingerprint density at radius 3 is 2.00 bits per heavy atom. The van der Waals surface area contributed by atoms with Crippen LogP contribution in [0.25, 0.3) is 0 Å². The Hall–Kier alpha value is -1.02. The molecule has 1 aromatic carbocycles. The number of nitrogens with one attached hydrogen (secondary N) is 1. The van der Waals surface area contributed by atoms with Crippen LogP contribution in [0.3, 0.4) is 0 Å². The molecule has 0 aliphatic heterocycles. The Morgan fingerprint density at radius 2 is 1.42 bits per heavy atom. The van der Waals surface area contributed by atoms with E-state index in [0.29, 0.717) is 0 Å². The quantitative estimate of drug-likeness (QED) is 0.607. The Morgan fingerprint density at radius 1 is 0.842 bits per heavy atom. The molecule has 2 nitrogen and oxygen atoms in total. The van der Waals surface area contributed by atoms with E-state index in [1.807, 2.05) is 30.3 Å². The molecule has 1 aromatic rings. The number of rotatable bonds is 11. The first-order chi connectivity index (χ1) is 9.36. The van der Waals surface area contributed by atoms with Crippen molar-refractivity contribution in [3.8, 4) is 5.75 Å². The van der Waals surface area contributed by atoms with Gasteiger partial charge in [-0.25, -0.2) is 0 Å². The molecule has 19 heavy (non-hydrogen) atoms. The highest BCUT2D eigenvalue weighted by Crippen LogP contribution is 2.07. The van der Waals surface area contributed by atoms with E-state index in [-0.39, 0.29) is 0 Å². The van der Waals surface area contributed by atoms with Crippen molar-refractivity contribution < 1.29 is 9.64 Å². The molecular weight excluding hydrogens is 234 g/mol. The smallest absolute Gasteiger partial charge is 0.119 e. The fourth-order valence-electron chi connectivity index (χ4n) is 2.26. The monoisotopic (exact) mass is 264 g/mol. The third kappa shape index (κ3) is 7.89. The molecule has 0 aromatic heterocycles. The van der Waals surface area contributed by atoms with Gasteiger partial charge in [-0.2, -0.15) is 0 Å². The van der Waals surface area contributed by atoms with Crippen molar-refractivity contribution in [2.75, 3.05) is 26.2 Å². The number of ether oxygens (including phenoxy) is 1. The summed E-state index contributed by atoms with van der Waals surface area (Å²) in [7, 11) is 0. The lowest BCUT2D eigenvalue weighted by molar-refractivity contribution is -0.900. The van der Waals surface area contributed by atoms with Gasteiger partial charge in [-0.05, 0) is 25.0 Å². The van der Waals surface area contributed by atoms with Gasteiger partial charge in [0, 0.05) is 6.42 Å². The number of para-hydroxylation sites is 1. The minimum Gasteiger partial charge on any atom is -0.493 e. The summed E-state index contributed by atoms with van der Waals surface area (Å²) in [6, 6.07) is 10.1. The SMILES string of the molecule is CCCC[NH+](CCCC)CCCOc1ccccc1. The van der Waals surface area contributed by atoms with E-state index in [1.54, 1.807) is 4.90 Å². The minimum absolute atomic E-state index is 0.839. The third-order valence-corrected chi connectivity index (χ3v) is 3.45. The van der Waals surface area contributed by atoms with Gasteiger partial charge in [0.15, 0.2) is 0 Å². The van der Waals surface area contributed by atoms with Crippen LogP contribution < -0.4 is 9.64 Å². The van der Waals surface area contributed by atoms with Gasteiger partial charge in [-0.15, -0.1) is 0 Å². The highest BCUT2D eigenvalue weighted by Gasteiger charge is 2.06. The molecule has 0 aliphatic carbocycles. The van der Waals surface area contributed by atoms with Crippen molar-refractivity contribution in [3.63, 3.8) is 0 Å². The zero-order valence-electron chi connectivity index (χ0n) is 12.7. The molecule has 0 aliphatic rings. The number of hydrogen-bond acceptors (Lipinski definition) is 1. The van der Waals surface area contributed by atoms with Crippen LogP contribution in [0, 0.1) is 0 Å². The molecule has 1 rings (SSSR count). The van der Waals surface area contributed by atoms with Crippen LogP contribution in [-0.4, -0.2) is 26.2 Å². The van der Waals surface area contributed by atoms with E-state index in [1.165, 1.54) is 45.3 Å². The van der Waals surface area contributed by atoms with Crippen molar-refractivity contribution >= 4 is 0 Å². The average molecular weight is 264 g/mol. The highest BCUT2D eigenvalue weighted by molar-refractivity contribution is 5.20. The molecular formula is C17H30NO+. The van der Waals surface area contributed by atoms with Gasteiger partial charge < -0.3 is 9.64 Å². The summed E-state index contributed by atoms with van der Waals surface area (Å²) in [5.41, 5.74) is 0. The topological polar surface area (TPSA) is 13.7 Å². The van der Waals surface area contributed by atoms with Crippen molar-refractivity contribution in [2.24, 2.45) is 0 Å². The van der Waals surface area contributed by atoms with E-state index in [4.69, 9.17) is 4.74 Å². The molecule has 0 bridgehead atoms. The Balaban J connectivity index is 2.16. The zero-order valence-corrected chi connectivity index (χ0v) is 12.7. The van der Waals surface area contributed by atoms with Gasteiger partial charge in [0.1, 0.15) is 5.75 Å². The lowest BCUT2D eigenvalue weighted by atomic mass is 10.2. The first-order valence-electron chi connectivity index (χ1n) is 7.88. The average Bonchev–Trinajstić information content (AvgIpc) is 2.46. The Labute approximate surface area is 118 Å². The van der Waals surface area contributed by atoms with Crippen LogP contribution in [0.1, 0.15) is 46.0 Å². The predicted molar refractivity (Wildman–Crippen MR) is 81.9 cm³/mol. The molecule has 0 heterocycles. The first kappa shape index (κ1) is 16.0. The van der Waals surface area contributed by atoms with Crippen LogP contribution in [0.2, 0.25) is 0 Å². The van der Waals surface area contributed by atoms with Gasteiger partial charge in [0.2, 0.25) is 0 Å². The third-order valence-electron chi connectivity index (χ3n) is 3.45. The maximum absolute atomic E-state index is 5.75. The normalized spacial score (nSPS) is 10.9. The molecule has 0 spiro atoms. The summed E-state index contributed by atoms with van der Waals surface area (Å²) in [6.07, 6.45) is 6.45. The fraction of sp³-hybridized carbons (Fsp3) is 0.647. The van der Waals surface area contributed by atoms with Crippen LogP contribution in [0.5, 0.6) is 5.75 Å². The second-order valence-corrected chi connectivity index (χ2v) is 5.22. The second kappa shape index (κ2) is 10.9. The Kier molecular flexibility index (Phi) is 9.17. The molecule has 108 valence electrons. The van der Waals surface area contributed by atoms with E-state index in [9.17, 15) is 0 Å². The van der Waals surface area contributed by atoms with Gasteiger partial charge in [0.05, 0.1) is 26.2 Å². The molecule has 0 saturated heterocycles. The van der Waals surface area contributed by atoms with Crippen LogP contribution >= 0.6 is 0 Å². The number of quaternary nitrogens is 1. The molecule has 0 radical (unpaired) electrons. The summed E-state index contributed by atoms with van der Waals surface area (Å²) >= 11 is 0. The van der Waals surface area contributed by atoms with Gasteiger partial charge in [0.25, 0.3) is 0 Å². The molecule has 0 fully saturated rings. The van der Waals surface area contributed by atoms with Crippen molar-refractivity contribution in [2.45, 2.75) is 46.0 Å². The second-order valence-electron chi connectivity index (χ2n) is 5.22. The van der Waals surface area contributed by atoms with Crippen LogP contribution in [0.15, 0.2) is 30.3 Å². The summed E-state index contributed by atoms with van der Waals surface area (Å²) in [5, 5.41) is 0. The number of unbranched alkanes of at least 4 members (excludes halogenated alkanes) is 2. The van der Waals surface area contributed by atoms with Gasteiger partial charge >= 0.3 is 0 Å². The Bertz CT molecular complexity index is 291. The first-order valence-corrected chi connectivity index (χ1v) is 7.88. The fourth-order valence-corrected chi connectivity index (χ4v) is 2.26. The van der Waals surface area contributed by atoms with Crippen molar-refractivity contribution in [3.05, 3.63) is 30.3 Å². The molecule has 2 heteroatoms. The van der Waals surface area contributed by atoms with E-state index < -0.39 is 0 Å². The van der Waals surface area contributed by atoms with Gasteiger partial charge in [-0.3, -0.25) is 0 Å². The summed E-state index contributed by atoms with van der Waals surface area (Å²) in [5.74, 6) is 0.992. The summed E-state index contributed by atoms with van der Waals surface area (Å²) < 4.78 is 5.75. The number of hydrogen-bond donors (Lipinski definition) is 1. The van der Waals surface area contributed by atoms with Crippen LogP contribution in [-0.2, 0) is 0 Å². The molecule has 1 N–H and O–H groups in total. The van der Waals surface area contributed by atoms with Crippen molar-refractivity contribution in [1.82, 2.24) is 0 Å². The van der Waals surface area contributed by atoms with E-state index in [2.05, 4.69) is 13.8 Å². The van der Waals surface area contributed by atoms with Gasteiger partial charge in [-0.1, -0.05) is 44.9 Å². The van der Waals surface area contributed by atoms with Crippen LogP contribution in [0.4, 0.5) is 0 Å². The largest absolute Gasteiger partial charge is 0.493 e. The standard InChI is InChI=1S/C17H29NO/c1-3-5-13-18(14-6-4-2)15-10-16-19-17-11-8-7-9-12-17/h7-9,11-12H,3-6,10,13-16H2,1-2H3/p+1. The zero-order chi connectivity index (χ0) is 13.8.